The molecule has 34 heavy (non-hydrogen) atoms. The number of benzene rings is 4. The van der Waals surface area contributed by atoms with Crippen LogP contribution in [0.25, 0.3) is 22.4 Å². The second kappa shape index (κ2) is 11.0. The van der Waals surface area contributed by atoms with Gasteiger partial charge in [0.1, 0.15) is 6.61 Å². The molecule has 0 fully saturated rings. The second-order valence-electron chi connectivity index (χ2n) is 7.52. The number of halogens is 3. The molecule has 0 unspecified atom stereocenters. The SMILES string of the molecule is CCOc1cc(/C=C(/C#N)c2ccc3ccccc3c2)cc(Br)c1OCc1ccc(Cl)cc1Cl. The molecule has 0 spiro atoms. The van der Waals surface area contributed by atoms with Crippen LogP contribution in [-0.4, -0.2) is 6.61 Å². The molecule has 0 N–H and O–H groups in total. The average molecular weight is 553 g/mol. The molecule has 0 aliphatic carbocycles. The van der Waals surface area contributed by atoms with Crippen molar-refractivity contribution in [3.05, 3.63) is 104 Å². The first-order chi connectivity index (χ1) is 16.5. The lowest BCUT2D eigenvalue weighted by Crippen LogP contribution is -2.01. The molecule has 170 valence electrons. The van der Waals surface area contributed by atoms with E-state index in [4.69, 9.17) is 32.7 Å². The van der Waals surface area contributed by atoms with Gasteiger partial charge in [-0.15, -0.1) is 0 Å². The first-order valence-electron chi connectivity index (χ1n) is 10.6. The molecule has 6 heteroatoms. The van der Waals surface area contributed by atoms with Gasteiger partial charge >= 0.3 is 0 Å². The van der Waals surface area contributed by atoms with Crippen LogP contribution in [0.2, 0.25) is 10.0 Å². The lowest BCUT2D eigenvalue weighted by Gasteiger charge is -2.15. The van der Waals surface area contributed by atoms with Crippen LogP contribution in [0.15, 0.2) is 77.3 Å². The van der Waals surface area contributed by atoms with E-state index in [9.17, 15) is 5.26 Å². The Morgan fingerprint density at radius 3 is 2.50 bits per heavy atom. The lowest BCUT2D eigenvalue weighted by atomic mass is 10.00. The maximum Gasteiger partial charge on any atom is 0.175 e. The monoisotopic (exact) mass is 551 g/mol. The standard InChI is InChI=1S/C28H20BrCl2NO2/c1-2-33-27-13-18(11-23(16-32)21-8-7-19-5-3-4-6-20(19)14-21)12-25(29)28(27)34-17-22-9-10-24(30)15-26(22)31/h3-15H,2,17H2,1H3/b23-11-. The van der Waals surface area contributed by atoms with Crippen LogP contribution in [0, 0.1) is 11.3 Å². The van der Waals surface area contributed by atoms with Crippen molar-refractivity contribution in [2.75, 3.05) is 6.61 Å². The fourth-order valence-electron chi connectivity index (χ4n) is 3.57. The smallest absolute Gasteiger partial charge is 0.175 e. The van der Waals surface area contributed by atoms with Gasteiger partial charge in [-0.1, -0.05) is 65.7 Å². The zero-order chi connectivity index (χ0) is 24.1. The average Bonchev–Trinajstić information content (AvgIpc) is 2.83. The number of nitriles is 1. The fraction of sp³-hybridized carbons (Fsp3) is 0.107. The molecule has 0 radical (unpaired) electrons. The number of fused-ring (bicyclic) bond motifs is 1. The van der Waals surface area contributed by atoms with E-state index in [1.54, 1.807) is 12.1 Å². The van der Waals surface area contributed by atoms with Gasteiger partial charge in [0.15, 0.2) is 11.5 Å². The molecular weight excluding hydrogens is 533 g/mol. The summed E-state index contributed by atoms with van der Waals surface area (Å²) in [7, 11) is 0. The Kier molecular flexibility index (Phi) is 7.80. The van der Waals surface area contributed by atoms with Gasteiger partial charge in [0.2, 0.25) is 0 Å². The van der Waals surface area contributed by atoms with E-state index in [0.29, 0.717) is 38.2 Å². The molecule has 0 bridgehead atoms. The molecule has 4 aromatic carbocycles. The van der Waals surface area contributed by atoms with E-state index in [-0.39, 0.29) is 6.61 Å². The van der Waals surface area contributed by atoms with Gasteiger partial charge in [-0.25, -0.2) is 0 Å². The number of ether oxygens (including phenoxy) is 2. The third kappa shape index (κ3) is 5.56. The second-order valence-corrected chi connectivity index (χ2v) is 9.22. The van der Waals surface area contributed by atoms with Crippen LogP contribution < -0.4 is 9.47 Å². The Morgan fingerprint density at radius 2 is 1.76 bits per heavy atom. The number of allylic oxidation sites excluding steroid dienone is 1. The van der Waals surface area contributed by atoms with Crippen molar-refractivity contribution in [3.63, 3.8) is 0 Å². The van der Waals surface area contributed by atoms with E-state index < -0.39 is 0 Å². The number of rotatable bonds is 7. The van der Waals surface area contributed by atoms with Crippen molar-refractivity contribution >= 4 is 61.6 Å². The molecule has 0 aromatic heterocycles. The van der Waals surface area contributed by atoms with Gasteiger partial charge in [0, 0.05) is 15.6 Å². The largest absolute Gasteiger partial charge is 0.490 e. The summed E-state index contributed by atoms with van der Waals surface area (Å²) in [5.41, 5.74) is 3.04. The highest BCUT2D eigenvalue weighted by Gasteiger charge is 2.14. The number of nitrogens with zero attached hydrogens (tertiary/aromatic N) is 1. The predicted octanol–water partition coefficient (Wildman–Crippen LogP) is 8.95. The number of hydrogen-bond donors (Lipinski definition) is 0. The highest BCUT2D eigenvalue weighted by molar-refractivity contribution is 9.10. The molecule has 4 rings (SSSR count). The Bertz CT molecular complexity index is 1430. The molecule has 3 nitrogen and oxygen atoms in total. The Morgan fingerprint density at radius 1 is 0.971 bits per heavy atom. The van der Waals surface area contributed by atoms with Crippen molar-refractivity contribution in [3.8, 4) is 17.6 Å². The van der Waals surface area contributed by atoms with Gasteiger partial charge in [-0.3, -0.25) is 0 Å². The summed E-state index contributed by atoms with van der Waals surface area (Å²) in [6, 6.07) is 25.5. The molecule has 0 aliphatic heterocycles. The van der Waals surface area contributed by atoms with Crippen LogP contribution in [0.1, 0.15) is 23.6 Å². The van der Waals surface area contributed by atoms with Crippen LogP contribution in [0.5, 0.6) is 11.5 Å². The molecule has 0 heterocycles. The molecule has 0 saturated carbocycles. The first kappa shape index (κ1) is 24.2. The summed E-state index contributed by atoms with van der Waals surface area (Å²) in [5.74, 6) is 1.14. The van der Waals surface area contributed by atoms with Crippen LogP contribution in [-0.2, 0) is 6.61 Å². The van der Waals surface area contributed by atoms with E-state index in [2.05, 4.69) is 28.1 Å². The molecule has 0 saturated heterocycles. The van der Waals surface area contributed by atoms with Gasteiger partial charge in [0.25, 0.3) is 0 Å². The summed E-state index contributed by atoms with van der Waals surface area (Å²) in [6.45, 7) is 2.63. The minimum absolute atomic E-state index is 0.254. The normalized spacial score (nSPS) is 11.3. The zero-order valence-corrected chi connectivity index (χ0v) is 21.4. The topological polar surface area (TPSA) is 42.2 Å². The molecule has 0 atom stereocenters. The van der Waals surface area contributed by atoms with Crippen molar-refractivity contribution in [2.45, 2.75) is 13.5 Å². The first-order valence-corrected chi connectivity index (χ1v) is 12.2. The minimum Gasteiger partial charge on any atom is -0.490 e. The van der Waals surface area contributed by atoms with E-state index in [1.165, 1.54) is 0 Å². The molecular formula is C28H20BrCl2NO2. The van der Waals surface area contributed by atoms with Crippen molar-refractivity contribution in [1.29, 1.82) is 5.26 Å². The summed E-state index contributed by atoms with van der Waals surface area (Å²) < 4.78 is 12.6. The van der Waals surface area contributed by atoms with E-state index in [0.717, 1.165) is 27.5 Å². The summed E-state index contributed by atoms with van der Waals surface area (Å²) in [5, 5.41) is 13.2. The quantitative estimate of drug-likeness (QED) is 0.170. The maximum atomic E-state index is 9.86. The van der Waals surface area contributed by atoms with Gasteiger partial charge in [-0.2, -0.15) is 5.26 Å². The molecule has 0 amide bonds. The third-order valence-electron chi connectivity index (χ3n) is 5.21. The van der Waals surface area contributed by atoms with Crippen LogP contribution >= 0.6 is 39.1 Å². The predicted molar refractivity (Wildman–Crippen MR) is 144 cm³/mol. The number of hydrogen-bond acceptors (Lipinski definition) is 3. The van der Waals surface area contributed by atoms with Crippen molar-refractivity contribution in [2.24, 2.45) is 0 Å². The summed E-state index contributed by atoms with van der Waals surface area (Å²) in [6.07, 6.45) is 1.84. The van der Waals surface area contributed by atoms with Gasteiger partial charge < -0.3 is 9.47 Å². The molecule has 4 aromatic rings. The highest BCUT2D eigenvalue weighted by Crippen LogP contribution is 2.39. The van der Waals surface area contributed by atoms with Crippen molar-refractivity contribution in [1.82, 2.24) is 0 Å². The maximum absolute atomic E-state index is 9.86. The minimum atomic E-state index is 0.254. The highest BCUT2D eigenvalue weighted by atomic mass is 79.9. The van der Waals surface area contributed by atoms with Crippen molar-refractivity contribution < 1.29 is 9.47 Å². The van der Waals surface area contributed by atoms with Gasteiger partial charge in [-0.05, 0) is 81.2 Å². The van der Waals surface area contributed by atoms with E-state index in [1.807, 2.05) is 67.6 Å². The fourth-order valence-corrected chi connectivity index (χ4v) is 4.60. The van der Waals surface area contributed by atoms with Crippen LogP contribution in [0.4, 0.5) is 0 Å². The van der Waals surface area contributed by atoms with Crippen LogP contribution in [0.3, 0.4) is 0 Å². The Balaban J connectivity index is 1.66. The summed E-state index contributed by atoms with van der Waals surface area (Å²) >= 11 is 15.9. The lowest BCUT2D eigenvalue weighted by molar-refractivity contribution is 0.267. The Hall–Kier alpha value is -2.97. The third-order valence-corrected chi connectivity index (χ3v) is 6.39. The zero-order valence-electron chi connectivity index (χ0n) is 18.3. The Labute approximate surface area is 217 Å². The van der Waals surface area contributed by atoms with E-state index >= 15 is 0 Å². The summed E-state index contributed by atoms with van der Waals surface area (Å²) in [4.78, 5) is 0. The molecule has 0 aliphatic rings. The van der Waals surface area contributed by atoms with Gasteiger partial charge in [0.05, 0.1) is 22.7 Å².